The molecule has 1 N–H and O–H groups in total. The van der Waals surface area contributed by atoms with Crippen LogP contribution in [0.1, 0.15) is 54.5 Å². The summed E-state index contributed by atoms with van der Waals surface area (Å²) in [5, 5.41) is 2.91. The van der Waals surface area contributed by atoms with E-state index in [1.807, 2.05) is 77.9 Å². The maximum Gasteiger partial charge on any atom is 0.264 e. The molecule has 3 aromatic rings. The Kier molecular flexibility index (Phi) is 10.5. The van der Waals surface area contributed by atoms with Gasteiger partial charge in [-0.3, -0.25) is 13.9 Å². The zero-order valence-electron chi connectivity index (χ0n) is 24.4. The van der Waals surface area contributed by atoms with Crippen LogP contribution in [0.5, 0.6) is 0 Å². The molecular weight excluding hydrogens is 522 g/mol. The Morgan fingerprint density at radius 3 is 1.95 bits per heavy atom. The topological polar surface area (TPSA) is 86.8 Å². The number of hydrogen-bond donors (Lipinski definition) is 1. The second kappa shape index (κ2) is 13.6. The van der Waals surface area contributed by atoms with Gasteiger partial charge in [0, 0.05) is 13.1 Å². The summed E-state index contributed by atoms with van der Waals surface area (Å²) in [7, 11) is -4.09. The number of anilines is 1. The van der Waals surface area contributed by atoms with Crippen molar-refractivity contribution in [2.45, 2.75) is 71.9 Å². The number of benzene rings is 3. The average molecular weight is 564 g/mol. The van der Waals surface area contributed by atoms with Gasteiger partial charge in [0.1, 0.15) is 12.6 Å². The Morgan fingerprint density at radius 1 is 0.825 bits per heavy atom. The Hall–Kier alpha value is -3.65. The van der Waals surface area contributed by atoms with Crippen molar-refractivity contribution in [2.75, 3.05) is 17.4 Å². The van der Waals surface area contributed by atoms with Gasteiger partial charge in [-0.25, -0.2) is 8.42 Å². The quantitative estimate of drug-likeness (QED) is 0.318. The molecule has 214 valence electrons. The third kappa shape index (κ3) is 7.50. The second-order valence-electron chi connectivity index (χ2n) is 10.3. The zero-order chi connectivity index (χ0) is 29.4. The third-order valence-corrected chi connectivity index (χ3v) is 8.69. The highest BCUT2D eigenvalue weighted by atomic mass is 32.2. The van der Waals surface area contributed by atoms with Gasteiger partial charge in [-0.1, -0.05) is 79.1 Å². The minimum absolute atomic E-state index is 0.101. The van der Waals surface area contributed by atoms with Gasteiger partial charge in [0.25, 0.3) is 10.0 Å². The van der Waals surface area contributed by atoms with Crippen molar-refractivity contribution >= 4 is 27.5 Å². The molecule has 0 aliphatic heterocycles. The van der Waals surface area contributed by atoms with E-state index >= 15 is 0 Å². The third-order valence-electron chi connectivity index (χ3n) is 6.92. The van der Waals surface area contributed by atoms with Crippen LogP contribution in [0.25, 0.3) is 0 Å². The van der Waals surface area contributed by atoms with E-state index in [0.717, 1.165) is 34.2 Å². The van der Waals surface area contributed by atoms with Gasteiger partial charge in [0.05, 0.1) is 10.6 Å². The van der Waals surface area contributed by atoms with Gasteiger partial charge >= 0.3 is 0 Å². The number of amides is 2. The van der Waals surface area contributed by atoms with Gasteiger partial charge in [0.15, 0.2) is 0 Å². The van der Waals surface area contributed by atoms with E-state index in [1.54, 1.807) is 30.3 Å². The van der Waals surface area contributed by atoms with Crippen LogP contribution in [0.4, 0.5) is 5.69 Å². The van der Waals surface area contributed by atoms with E-state index < -0.39 is 28.5 Å². The fourth-order valence-corrected chi connectivity index (χ4v) is 6.09. The molecule has 0 aliphatic carbocycles. The van der Waals surface area contributed by atoms with Crippen molar-refractivity contribution in [3.05, 3.63) is 94.5 Å². The summed E-state index contributed by atoms with van der Waals surface area (Å²) in [6, 6.07) is 19.1. The molecule has 0 aromatic heterocycles. The van der Waals surface area contributed by atoms with E-state index in [-0.39, 0.29) is 17.3 Å². The molecule has 1 atom stereocenters. The fraction of sp³-hybridized carbons (Fsp3) is 0.375. The molecule has 0 aliphatic rings. The van der Waals surface area contributed by atoms with Gasteiger partial charge in [-0.2, -0.15) is 0 Å². The van der Waals surface area contributed by atoms with Crippen molar-refractivity contribution in [3.8, 4) is 0 Å². The molecule has 0 bridgehead atoms. The van der Waals surface area contributed by atoms with Crippen molar-refractivity contribution in [1.82, 2.24) is 10.2 Å². The van der Waals surface area contributed by atoms with Gasteiger partial charge in [0.2, 0.25) is 11.8 Å². The van der Waals surface area contributed by atoms with Crippen molar-refractivity contribution < 1.29 is 18.0 Å². The van der Waals surface area contributed by atoms with Crippen molar-refractivity contribution in [3.63, 3.8) is 0 Å². The highest BCUT2D eigenvalue weighted by Crippen LogP contribution is 2.28. The van der Waals surface area contributed by atoms with Crippen LogP contribution in [-0.2, 0) is 26.2 Å². The van der Waals surface area contributed by atoms with E-state index in [9.17, 15) is 18.0 Å². The summed E-state index contributed by atoms with van der Waals surface area (Å²) >= 11 is 0. The molecule has 0 fully saturated rings. The summed E-state index contributed by atoms with van der Waals surface area (Å²) in [5.41, 5.74) is 5.03. The molecule has 3 aromatic carbocycles. The largest absolute Gasteiger partial charge is 0.354 e. The predicted molar refractivity (Wildman–Crippen MR) is 161 cm³/mol. The monoisotopic (exact) mass is 563 g/mol. The number of aryl methyl sites for hydroxylation is 4. The van der Waals surface area contributed by atoms with Gasteiger partial charge < -0.3 is 10.2 Å². The average Bonchev–Trinajstić information content (AvgIpc) is 2.92. The van der Waals surface area contributed by atoms with Crippen LogP contribution in [0, 0.1) is 27.7 Å². The Morgan fingerprint density at radius 2 is 1.40 bits per heavy atom. The lowest BCUT2D eigenvalue weighted by Crippen LogP contribution is -2.52. The molecule has 0 saturated heterocycles. The molecule has 2 amide bonds. The molecule has 0 heterocycles. The summed E-state index contributed by atoms with van der Waals surface area (Å²) in [6.45, 7) is 11.7. The van der Waals surface area contributed by atoms with Gasteiger partial charge in [-0.05, 0) is 69.9 Å². The first-order valence-corrected chi connectivity index (χ1v) is 15.2. The Bertz CT molecular complexity index is 1420. The number of hydrogen-bond acceptors (Lipinski definition) is 4. The molecule has 0 unspecified atom stereocenters. The first kappa shape index (κ1) is 30.9. The van der Waals surface area contributed by atoms with E-state index in [0.29, 0.717) is 18.7 Å². The van der Waals surface area contributed by atoms with Crippen LogP contribution in [0.2, 0.25) is 0 Å². The van der Waals surface area contributed by atoms with Crippen LogP contribution in [-0.4, -0.2) is 44.3 Å². The normalized spacial score (nSPS) is 12.1. The number of rotatable bonds is 12. The predicted octanol–water partition coefficient (Wildman–Crippen LogP) is 5.45. The van der Waals surface area contributed by atoms with Crippen LogP contribution < -0.4 is 9.62 Å². The Balaban J connectivity index is 2.08. The minimum atomic E-state index is -4.09. The Labute approximate surface area is 239 Å². The number of nitrogens with zero attached hydrogens (tertiary/aromatic N) is 2. The molecule has 0 spiro atoms. The maximum atomic E-state index is 14.1. The number of nitrogens with one attached hydrogen (secondary N) is 1. The summed E-state index contributed by atoms with van der Waals surface area (Å²) < 4.78 is 29.2. The zero-order valence-corrected chi connectivity index (χ0v) is 25.2. The van der Waals surface area contributed by atoms with E-state index in [4.69, 9.17) is 0 Å². The molecule has 3 rings (SSSR count). The van der Waals surface area contributed by atoms with Crippen LogP contribution in [0.15, 0.2) is 71.6 Å². The first-order chi connectivity index (χ1) is 19.0. The van der Waals surface area contributed by atoms with Crippen molar-refractivity contribution in [1.29, 1.82) is 0 Å². The molecular formula is C32H41N3O4S. The standard InChI is InChI=1S/C32H41N3O4S/c1-7-19-33-32(37)29(8-2)34(21-27-14-9-23(3)10-15-27)31(36)22-35(30-18-13-25(5)20-26(30)6)40(38,39)28-16-11-24(4)12-17-28/h9-18,20,29H,7-8,19,21-22H2,1-6H3,(H,33,37)/t29-/m0/s1. The van der Waals surface area contributed by atoms with Crippen LogP contribution in [0.3, 0.4) is 0 Å². The summed E-state index contributed by atoms with van der Waals surface area (Å²) in [6.07, 6.45) is 1.16. The molecule has 40 heavy (non-hydrogen) atoms. The highest BCUT2D eigenvalue weighted by Gasteiger charge is 2.34. The number of carbonyl (C=O) groups excluding carboxylic acids is 2. The maximum absolute atomic E-state index is 14.1. The molecule has 0 saturated carbocycles. The SMILES string of the molecule is CCCNC(=O)[C@H](CC)N(Cc1ccc(C)cc1)C(=O)CN(c1ccc(C)cc1C)S(=O)(=O)c1ccc(C)cc1. The van der Waals surface area contributed by atoms with Gasteiger partial charge in [-0.15, -0.1) is 0 Å². The lowest BCUT2D eigenvalue weighted by atomic mass is 10.1. The smallest absolute Gasteiger partial charge is 0.264 e. The summed E-state index contributed by atoms with van der Waals surface area (Å²) in [4.78, 5) is 28.9. The minimum Gasteiger partial charge on any atom is -0.354 e. The first-order valence-electron chi connectivity index (χ1n) is 13.8. The second-order valence-corrected chi connectivity index (χ2v) is 12.2. The molecule has 8 heteroatoms. The van der Waals surface area contributed by atoms with Crippen LogP contribution >= 0.6 is 0 Å². The highest BCUT2D eigenvalue weighted by molar-refractivity contribution is 7.92. The van der Waals surface area contributed by atoms with E-state index in [1.165, 1.54) is 9.21 Å². The lowest BCUT2D eigenvalue weighted by molar-refractivity contribution is -0.140. The number of carbonyl (C=O) groups is 2. The number of sulfonamides is 1. The summed E-state index contributed by atoms with van der Waals surface area (Å²) in [5.74, 6) is -0.695. The molecule has 0 radical (unpaired) electrons. The van der Waals surface area contributed by atoms with Crippen molar-refractivity contribution in [2.24, 2.45) is 0 Å². The molecule has 7 nitrogen and oxygen atoms in total. The fourth-order valence-electron chi connectivity index (χ4n) is 4.61. The lowest BCUT2D eigenvalue weighted by Gasteiger charge is -2.33. The van der Waals surface area contributed by atoms with E-state index in [2.05, 4.69) is 5.32 Å².